The molecule has 0 atom stereocenters. The molecule has 2 amide bonds. The average molecular weight is 328 g/mol. The molecule has 23 heavy (non-hydrogen) atoms. The van der Waals surface area contributed by atoms with Crippen molar-refractivity contribution in [1.29, 1.82) is 0 Å². The highest BCUT2D eigenvalue weighted by molar-refractivity contribution is 5.80. The molecule has 0 aromatic rings. The molecule has 1 saturated heterocycles. The van der Waals surface area contributed by atoms with Crippen molar-refractivity contribution in [3.05, 3.63) is 0 Å². The number of amides is 2. The largest absolute Gasteiger partial charge is 0.481 e. The van der Waals surface area contributed by atoms with Gasteiger partial charge in [-0.2, -0.15) is 0 Å². The lowest BCUT2D eigenvalue weighted by molar-refractivity contribution is -0.138. The lowest BCUT2D eigenvalue weighted by atomic mass is 9.94. The molecular formula is C16H28N2O5. The first-order chi connectivity index (χ1) is 10.7. The zero-order valence-electron chi connectivity index (χ0n) is 14.3. The second-order valence-electron chi connectivity index (χ2n) is 6.94. The Kier molecular flexibility index (Phi) is 7.32. The van der Waals surface area contributed by atoms with E-state index in [-0.39, 0.29) is 24.8 Å². The molecule has 0 saturated carbocycles. The topological polar surface area (TPSA) is 95.9 Å². The molecule has 1 aliphatic heterocycles. The molecule has 0 bridgehead atoms. The number of carboxylic acid groups (broad SMARTS) is 1. The maximum Gasteiger partial charge on any atom is 0.410 e. The second-order valence-corrected chi connectivity index (χ2v) is 6.94. The third-order valence-electron chi connectivity index (χ3n) is 3.71. The zero-order valence-corrected chi connectivity index (χ0v) is 14.3. The summed E-state index contributed by atoms with van der Waals surface area (Å²) < 4.78 is 5.35. The van der Waals surface area contributed by atoms with Gasteiger partial charge in [-0.3, -0.25) is 9.59 Å². The van der Waals surface area contributed by atoms with Gasteiger partial charge >= 0.3 is 12.1 Å². The Morgan fingerprint density at radius 1 is 1.17 bits per heavy atom. The van der Waals surface area contributed by atoms with Gasteiger partial charge in [-0.15, -0.1) is 0 Å². The highest BCUT2D eigenvalue weighted by Crippen LogP contribution is 2.21. The maximum atomic E-state index is 11.9. The summed E-state index contributed by atoms with van der Waals surface area (Å²) >= 11 is 0. The molecule has 7 nitrogen and oxygen atoms in total. The summed E-state index contributed by atoms with van der Waals surface area (Å²) in [6.07, 6.45) is 2.25. The minimum Gasteiger partial charge on any atom is -0.481 e. The van der Waals surface area contributed by atoms with Gasteiger partial charge in [-0.05, 0) is 46.0 Å². The Morgan fingerprint density at radius 3 is 2.30 bits per heavy atom. The van der Waals surface area contributed by atoms with Crippen molar-refractivity contribution in [3.63, 3.8) is 0 Å². The molecule has 0 aromatic carbocycles. The number of rotatable bonds is 6. The van der Waals surface area contributed by atoms with E-state index in [0.29, 0.717) is 25.6 Å². The summed E-state index contributed by atoms with van der Waals surface area (Å²) in [5.41, 5.74) is -0.478. The SMILES string of the molecule is CC(C)(C)OC(=O)N1CCC(CCNC(=O)CCC(=O)O)CC1. The summed E-state index contributed by atoms with van der Waals surface area (Å²) in [7, 11) is 0. The molecular weight excluding hydrogens is 300 g/mol. The van der Waals surface area contributed by atoms with E-state index in [0.717, 1.165) is 19.3 Å². The van der Waals surface area contributed by atoms with E-state index in [1.54, 1.807) is 4.90 Å². The van der Waals surface area contributed by atoms with E-state index in [4.69, 9.17) is 9.84 Å². The fraction of sp³-hybridized carbons (Fsp3) is 0.812. The first kappa shape index (κ1) is 19.3. The van der Waals surface area contributed by atoms with Crippen LogP contribution in [0.4, 0.5) is 4.79 Å². The molecule has 1 rings (SSSR count). The summed E-state index contributed by atoms with van der Waals surface area (Å²) in [4.78, 5) is 35.5. The molecule has 1 aliphatic rings. The maximum absolute atomic E-state index is 11.9. The minimum atomic E-state index is -0.963. The normalized spacial score (nSPS) is 16.0. The van der Waals surface area contributed by atoms with Crippen LogP contribution in [0.3, 0.4) is 0 Å². The number of hydrogen-bond donors (Lipinski definition) is 2. The highest BCUT2D eigenvalue weighted by atomic mass is 16.6. The third kappa shape index (κ3) is 8.42. The van der Waals surface area contributed by atoms with Crippen molar-refractivity contribution in [2.24, 2.45) is 5.92 Å². The van der Waals surface area contributed by atoms with Crippen molar-refractivity contribution < 1.29 is 24.2 Å². The number of nitrogens with one attached hydrogen (secondary N) is 1. The van der Waals surface area contributed by atoms with Crippen molar-refractivity contribution in [2.75, 3.05) is 19.6 Å². The zero-order chi connectivity index (χ0) is 17.5. The molecule has 0 unspecified atom stereocenters. The fourth-order valence-corrected chi connectivity index (χ4v) is 2.46. The van der Waals surface area contributed by atoms with Gasteiger partial charge in [0, 0.05) is 26.1 Å². The Hall–Kier alpha value is -1.79. The molecule has 0 radical (unpaired) electrons. The quantitative estimate of drug-likeness (QED) is 0.777. The summed E-state index contributed by atoms with van der Waals surface area (Å²) in [6.45, 7) is 7.45. The predicted molar refractivity (Wildman–Crippen MR) is 85.0 cm³/mol. The van der Waals surface area contributed by atoms with Gasteiger partial charge in [0.2, 0.25) is 5.91 Å². The second kappa shape index (κ2) is 8.74. The summed E-state index contributed by atoms with van der Waals surface area (Å²) in [5, 5.41) is 11.3. The van der Waals surface area contributed by atoms with E-state index in [1.165, 1.54) is 0 Å². The fourth-order valence-electron chi connectivity index (χ4n) is 2.46. The van der Waals surface area contributed by atoms with Gasteiger partial charge in [0.15, 0.2) is 0 Å². The number of carbonyl (C=O) groups is 3. The number of nitrogens with zero attached hydrogens (tertiary/aromatic N) is 1. The average Bonchev–Trinajstić information content (AvgIpc) is 2.44. The van der Waals surface area contributed by atoms with E-state index in [9.17, 15) is 14.4 Å². The smallest absolute Gasteiger partial charge is 0.410 e. The lowest BCUT2D eigenvalue weighted by Crippen LogP contribution is -2.42. The molecule has 0 spiro atoms. The van der Waals surface area contributed by atoms with Gasteiger partial charge in [0.05, 0.1) is 6.42 Å². The minimum absolute atomic E-state index is 0.0203. The summed E-state index contributed by atoms with van der Waals surface area (Å²) in [5.74, 6) is -0.721. The first-order valence-electron chi connectivity index (χ1n) is 8.14. The van der Waals surface area contributed by atoms with E-state index < -0.39 is 11.6 Å². The van der Waals surface area contributed by atoms with Crippen LogP contribution in [0.1, 0.15) is 52.9 Å². The van der Waals surface area contributed by atoms with Crippen LogP contribution in [-0.2, 0) is 14.3 Å². The number of piperidine rings is 1. The predicted octanol–water partition coefficient (Wildman–Crippen LogP) is 2.00. The van der Waals surface area contributed by atoms with E-state index >= 15 is 0 Å². The molecule has 1 fully saturated rings. The Labute approximate surface area is 137 Å². The van der Waals surface area contributed by atoms with Gasteiger partial charge in [-0.1, -0.05) is 0 Å². The van der Waals surface area contributed by atoms with Crippen LogP contribution < -0.4 is 5.32 Å². The van der Waals surface area contributed by atoms with Gasteiger partial charge < -0.3 is 20.1 Å². The monoisotopic (exact) mass is 328 g/mol. The van der Waals surface area contributed by atoms with Crippen LogP contribution >= 0.6 is 0 Å². The van der Waals surface area contributed by atoms with Crippen LogP contribution in [0.25, 0.3) is 0 Å². The van der Waals surface area contributed by atoms with Gasteiger partial charge in [0.1, 0.15) is 5.60 Å². The third-order valence-corrected chi connectivity index (χ3v) is 3.71. The molecule has 132 valence electrons. The molecule has 1 heterocycles. The Morgan fingerprint density at radius 2 is 1.78 bits per heavy atom. The number of likely N-dealkylation sites (tertiary alicyclic amines) is 1. The number of hydrogen-bond acceptors (Lipinski definition) is 4. The van der Waals surface area contributed by atoms with Crippen LogP contribution in [0.5, 0.6) is 0 Å². The molecule has 7 heteroatoms. The summed E-state index contributed by atoms with van der Waals surface area (Å²) in [6, 6.07) is 0. The number of ether oxygens (including phenoxy) is 1. The van der Waals surface area contributed by atoms with Crippen LogP contribution in [0, 0.1) is 5.92 Å². The Balaban J connectivity index is 2.18. The molecule has 0 aromatic heterocycles. The van der Waals surface area contributed by atoms with Crippen LogP contribution in [0.2, 0.25) is 0 Å². The van der Waals surface area contributed by atoms with Crippen molar-refractivity contribution in [1.82, 2.24) is 10.2 Å². The van der Waals surface area contributed by atoms with Crippen LogP contribution in [0.15, 0.2) is 0 Å². The number of aliphatic carboxylic acids is 1. The van der Waals surface area contributed by atoms with Gasteiger partial charge in [0.25, 0.3) is 0 Å². The highest BCUT2D eigenvalue weighted by Gasteiger charge is 2.26. The number of carbonyl (C=O) groups excluding carboxylic acids is 2. The van der Waals surface area contributed by atoms with E-state index in [1.807, 2.05) is 20.8 Å². The molecule has 0 aliphatic carbocycles. The first-order valence-corrected chi connectivity index (χ1v) is 8.14. The van der Waals surface area contributed by atoms with Crippen molar-refractivity contribution in [3.8, 4) is 0 Å². The van der Waals surface area contributed by atoms with Gasteiger partial charge in [-0.25, -0.2) is 4.79 Å². The Bertz CT molecular complexity index is 423. The van der Waals surface area contributed by atoms with Crippen LogP contribution in [-0.4, -0.2) is 53.2 Å². The van der Waals surface area contributed by atoms with Crippen molar-refractivity contribution in [2.45, 2.75) is 58.5 Å². The standard InChI is InChI=1S/C16H28N2O5/c1-16(2,3)23-15(22)18-10-7-12(8-11-18)6-9-17-13(19)4-5-14(20)21/h12H,4-11H2,1-3H3,(H,17,19)(H,20,21). The molecule has 2 N–H and O–H groups in total. The lowest BCUT2D eigenvalue weighted by Gasteiger charge is -2.33. The number of carboxylic acids is 1. The van der Waals surface area contributed by atoms with E-state index in [2.05, 4.69) is 5.32 Å². The van der Waals surface area contributed by atoms with Crippen molar-refractivity contribution >= 4 is 18.0 Å².